The predicted octanol–water partition coefficient (Wildman–Crippen LogP) is 5.63. The summed E-state index contributed by atoms with van der Waals surface area (Å²) < 4.78 is 30.1. The van der Waals surface area contributed by atoms with Crippen molar-refractivity contribution in [2.75, 3.05) is 7.05 Å². The smallest absolute Gasteiger partial charge is 0.266 e. The van der Waals surface area contributed by atoms with Crippen LogP contribution in [0.2, 0.25) is 0 Å². The lowest BCUT2D eigenvalue weighted by Crippen LogP contribution is -2.35. The van der Waals surface area contributed by atoms with Crippen LogP contribution in [0.5, 0.6) is 0 Å². The van der Waals surface area contributed by atoms with E-state index in [1.165, 1.54) is 11.4 Å². The maximum absolute atomic E-state index is 13.8. The maximum Gasteiger partial charge on any atom is 0.266 e. The van der Waals surface area contributed by atoms with Gasteiger partial charge in [0.2, 0.25) is 10.0 Å². The molecule has 0 fully saturated rings. The second-order valence-electron chi connectivity index (χ2n) is 10.1. The van der Waals surface area contributed by atoms with E-state index in [0.717, 1.165) is 17.5 Å². The lowest BCUT2D eigenvalue weighted by molar-refractivity contribution is 0.379. The predicted molar refractivity (Wildman–Crippen MR) is 145 cm³/mol. The van der Waals surface area contributed by atoms with E-state index in [-0.39, 0.29) is 15.9 Å². The number of aromatic nitrogens is 2. The van der Waals surface area contributed by atoms with Gasteiger partial charge < -0.3 is 0 Å². The number of rotatable bonds is 6. The van der Waals surface area contributed by atoms with Gasteiger partial charge in [-0.2, -0.15) is 4.31 Å². The summed E-state index contributed by atoms with van der Waals surface area (Å²) in [6, 6.07) is 21.1. The average Bonchev–Trinajstić information content (AvgIpc) is 2.87. The molecule has 36 heavy (non-hydrogen) atoms. The molecule has 1 heterocycles. The molecule has 6 nitrogen and oxygen atoms in total. The summed E-state index contributed by atoms with van der Waals surface area (Å²) in [7, 11) is -2.31. The van der Waals surface area contributed by atoms with Crippen molar-refractivity contribution in [3.8, 4) is 5.69 Å². The van der Waals surface area contributed by atoms with Gasteiger partial charge in [0.15, 0.2) is 0 Å². The van der Waals surface area contributed by atoms with Gasteiger partial charge in [0.1, 0.15) is 5.82 Å². The van der Waals surface area contributed by atoms with Crippen LogP contribution in [-0.4, -0.2) is 29.3 Å². The van der Waals surface area contributed by atoms with E-state index in [1.54, 1.807) is 35.8 Å². The summed E-state index contributed by atoms with van der Waals surface area (Å²) in [5.41, 5.74) is 2.98. The Morgan fingerprint density at radius 3 is 2.19 bits per heavy atom. The van der Waals surface area contributed by atoms with Gasteiger partial charge >= 0.3 is 0 Å². The fourth-order valence-corrected chi connectivity index (χ4v) is 5.68. The van der Waals surface area contributed by atoms with Gasteiger partial charge in [-0.3, -0.25) is 9.36 Å². The first kappa shape index (κ1) is 25.8. The van der Waals surface area contributed by atoms with E-state index in [0.29, 0.717) is 22.4 Å². The topological polar surface area (TPSA) is 72.3 Å². The normalized spacial score (nSPS) is 13.3. The molecule has 1 aromatic heterocycles. The van der Waals surface area contributed by atoms with Crippen molar-refractivity contribution in [1.29, 1.82) is 0 Å². The first-order valence-electron chi connectivity index (χ1n) is 12.2. The quantitative estimate of drug-likeness (QED) is 0.342. The Balaban J connectivity index is 1.88. The Morgan fingerprint density at radius 1 is 0.944 bits per heavy atom. The Bertz CT molecular complexity index is 1570. The van der Waals surface area contributed by atoms with E-state index in [4.69, 9.17) is 4.98 Å². The number of sulfonamides is 1. The number of nitrogens with zero attached hydrogens (tertiary/aromatic N) is 3. The molecular weight excluding hydrogens is 470 g/mol. The Hall–Kier alpha value is -3.29. The Kier molecular flexibility index (Phi) is 6.90. The molecule has 0 bridgehead atoms. The molecule has 0 N–H and O–H groups in total. The highest BCUT2D eigenvalue weighted by molar-refractivity contribution is 7.89. The van der Waals surface area contributed by atoms with Crippen LogP contribution in [0.4, 0.5) is 0 Å². The van der Waals surface area contributed by atoms with Crippen molar-refractivity contribution in [3.63, 3.8) is 0 Å². The molecule has 3 aromatic carbocycles. The molecular formula is C29H33N3O3S. The second-order valence-corrected chi connectivity index (χ2v) is 12.1. The van der Waals surface area contributed by atoms with Crippen LogP contribution in [-0.2, 0) is 21.9 Å². The van der Waals surface area contributed by atoms with Crippen molar-refractivity contribution in [2.45, 2.75) is 57.4 Å². The van der Waals surface area contributed by atoms with E-state index in [1.807, 2.05) is 55.5 Å². The van der Waals surface area contributed by atoms with Crippen molar-refractivity contribution in [3.05, 3.63) is 100 Å². The van der Waals surface area contributed by atoms with Crippen molar-refractivity contribution >= 4 is 20.9 Å². The molecule has 4 rings (SSSR count). The third kappa shape index (κ3) is 4.61. The van der Waals surface area contributed by atoms with Gasteiger partial charge in [-0.05, 0) is 60.2 Å². The second kappa shape index (κ2) is 9.64. The number of hydrogen-bond donors (Lipinski definition) is 0. The third-order valence-electron chi connectivity index (χ3n) is 6.73. The van der Waals surface area contributed by atoms with Crippen molar-refractivity contribution in [2.24, 2.45) is 0 Å². The van der Waals surface area contributed by atoms with E-state index in [9.17, 15) is 13.2 Å². The highest BCUT2D eigenvalue weighted by Gasteiger charge is 2.30. The zero-order chi connectivity index (χ0) is 26.3. The van der Waals surface area contributed by atoms with Gasteiger partial charge in [-0.1, -0.05) is 70.2 Å². The Labute approximate surface area is 213 Å². The molecule has 0 aliphatic carbocycles. The van der Waals surface area contributed by atoms with Crippen LogP contribution in [0.25, 0.3) is 16.6 Å². The summed E-state index contributed by atoms with van der Waals surface area (Å²) in [6.07, 6.45) is 0.720. The van der Waals surface area contributed by atoms with Crippen LogP contribution < -0.4 is 5.56 Å². The number of hydrogen-bond acceptors (Lipinski definition) is 4. The highest BCUT2D eigenvalue weighted by Crippen LogP contribution is 2.29. The number of para-hydroxylation sites is 2. The summed E-state index contributed by atoms with van der Waals surface area (Å²) in [5, 5.41) is 0.489. The van der Waals surface area contributed by atoms with Crippen LogP contribution in [0.1, 0.15) is 57.6 Å². The van der Waals surface area contributed by atoms with Gasteiger partial charge in [-0.15, -0.1) is 0 Å². The van der Waals surface area contributed by atoms with Crippen LogP contribution in [0.3, 0.4) is 0 Å². The molecule has 0 aliphatic rings. The minimum Gasteiger partial charge on any atom is -0.268 e. The molecule has 4 aromatic rings. The lowest BCUT2D eigenvalue weighted by atomic mass is 9.87. The Morgan fingerprint density at radius 2 is 1.56 bits per heavy atom. The molecule has 0 amide bonds. The molecule has 0 radical (unpaired) electrons. The molecule has 7 heteroatoms. The molecule has 188 valence electrons. The first-order chi connectivity index (χ1) is 17.0. The fraction of sp³-hybridized carbons (Fsp3) is 0.310. The zero-order valence-corrected chi connectivity index (χ0v) is 22.5. The average molecular weight is 504 g/mol. The fourth-order valence-electron chi connectivity index (χ4n) is 4.35. The summed E-state index contributed by atoms with van der Waals surface area (Å²) >= 11 is 0. The highest BCUT2D eigenvalue weighted by atomic mass is 32.2. The van der Waals surface area contributed by atoms with Gasteiger partial charge in [-0.25, -0.2) is 13.4 Å². The van der Waals surface area contributed by atoms with Gasteiger partial charge in [0.25, 0.3) is 5.56 Å². The van der Waals surface area contributed by atoms with Crippen molar-refractivity contribution < 1.29 is 8.42 Å². The van der Waals surface area contributed by atoms with Crippen molar-refractivity contribution in [1.82, 2.24) is 13.9 Å². The van der Waals surface area contributed by atoms with E-state index >= 15 is 0 Å². The largest absolute Gasteiger partial charge is 0.268 e. The standard InChI is InChI=1S/C29H33N3O3S/c1-7-21-12-8-11-15-26(21)32-27(30-25-14-10-9-13-24(25)28(32)33)20(2)31(6)36(34,35)23-18-16-22(17-19-23)29(3,4)5/h8-20H,7H2,1-6H3. The summed E-state index contributed by atoms with van der Waals surface area (Å²) in [5.74, 6) is 0.372. The first-order valence-corrected chi connectivity index (χ1v) is 13.6. The van der Waals surface area contributed by atoms with E-state index < -0.39 is 16.1 Å². The summed E-state index contributed by atoms with van der Waals surface area (Å²) in [6.45, 7) is 10.1. The van der Waals surface area contributed by atoms with E-state index in [2.05, 4.69) is 20.8 Å². The van der Waals surface area contributed by atoms with Gasteiger partial charge in [0, 0.05) is 7.05 Å². The minimum atomic E-state index is -3.85. The molecule has 0 saturated carbocycles. The number of benzene rings is 3. The minimum absolute atomic E-state index is 0.0841. The lowest BCUT2D eigenvalue weighted by Gasteiger charge is -2.27. The molecule has 0 spiro atoms. The van der Waals surface area contributed by atoms with Crippen LogP contribution in [0.15, 0.2) is 82.5 Å². The molecule has 0 saturated heterocycles. The summed E-state index contributed by atoms with van der Waals surface area (Å²) in [4.78, 5) is 18.8. The SMILES string of the molecule is CCc1ccccc1-n1c(C(C)N(C)S(=O)(=O)c2ccc(C(C)(C)C)cc2)nc2ccccc2c1=O. The van der Waals surface area contributed by atoms with Crippen LogP contribution in [0, 0.1) is 0 Å². The molecule has 1 atom stereocenters. The molecule has 1 unspecified atom stereocenters. The van der Waals surface area contributed by atoms with Crippen LogP contribution >= 0.6 is 0 Å². The zero-order valence-electron chi connectivity index (χ0n) is 21.7. The number of fused-ring (bicyclic) bond motifs is 1. The monoisotopic (exact) mass is 503 g/mol. The van der Waals surface area contributed by atoms with Gasteiger partial charge in [0.05, 0.1) is 27.5 Å². The maximum atomic E-state index is 13.8. The molecule has 0 aliphatic heterocycles. The number of aryl methyl sites for hydroxylation is 1. The third-order valence-corrected chi connectivity index (χ3v) is 8.67.